The van der Waals surface area contributed by atoms with Gasteiger partial charge in [0.2, 0.25) is 5.91 Å². The summed E-state index contributed by atoms with van der Waals surface area (Å²) in [6.07, 6.45) is 2.71. The van der Waals surface area contributed by atoms with Gasteiger partial charge in [-0.15, -0.1) is 12.4 Å². The zero-order valence-corrected chi connectivity index (χ0v) is 14.6. The minimum Gasteiger partial charge on any atom is -0.496 e. The molecular formula is C16H25ClN2O4. The number of methoxy groups -OCH3 is 3. The Morgan fingerprint density at radius 3 is 2.39 bits per heavy atom. The van der Waals surface area contributed by atoms with Crippen LogP contribution in [0.1, 0.15) is 24.8 Å². The van der Waals surface area contributed by atoms with Gasteiger partial charge in [-0.3, -0.25) is 4.79 Å². The molecule has 0 saturated carbocycles. The third-order valence-corrected chi connectivity index (χ3v) is 3.86. The average molecular weight is 345 g/mol. The van der Waals surface area contributed by atoms with E-state index in [1.165, 1.54) is 0 Å². The van der Waals surface area contributed by atoms with Crippen LogP contribution in [-0.4, -0.2) is 39.8 Å². The fourth-order valence-corrected chi connectivity index (χ4v) is 2.65. The van der Waals surface area contributed by atoms with Crippen molar-refractivity contribution in [3.05, 3.63) is 17.7 Å². The van der Waals surface area contributed by atoms with E-state index in [9.17, 15) is 4.79 Å². The molecule has 1 heterocycles. The van der Waals surface area contributed by atoms with Crippen LogP contribution in [0.3, 0.4) is 0 Å². The molecule has 6 nitrogen and oxygen atoms in total. The molecule has 1 fully saturated rings. The van der Waals surface area contributed by atoms with Gasteiger partial charge >= 0.3 is 0 Å². The predicted molar refractivity (Wildman–Crippen MR) is 90.8 cm³/mol. The highest BCUT2D eigenvalue weighted by molar-refractivity contribution is 5.85. The van der Waals surface area contributed by atoms with E-state index in [2.05, 4.69) is 10.6 Å². The third-order valence-electron chi connectivity index (χ3n) is 3.86. The Morgan fingerprint density at radius 2 is 1.83 bits per heavy atom. The van der Waals surface area contributed by atoms with Crippen LogP contribution in [-0.2, 0) is 11.3 Å². The van der Waals surface area contributed by atoms with Crippen LogP contribution in [0.4, 0.5) is 0 Å². The van der Waals surface area contributed by atoms with Crippen LogP contribution >= 0.6 is 12.4 Å². The fourth-order valence-electron chi connectivity index (χ4n) is 2.65. The number of hydrogen-bond acceptors (Lipinski definition) is 5. The molecule has 1 amide bonds. The number of carbonyl (C=O) groups excluding carboxylic acids is 1. The molecular weight excluding hydrogens is 320 g/mol. The molecule has 1 aliphatic heterocycles. The molecule has 1 unspecified atom stereocenters. The lowest BCUT2D eigenvalue weighted by Crippen LogP contribution is -2.31. The highest BCUT2D eigenvalue weighted by Gasteiger charge is 2.18. The smallest absolute Gasteiger partial charge is 0.221 e. The molecule has 2 N–H and O–H groups in total. The maximum absolute atomic E-state index is 12.0. The second kappa shape index (κ2) is 9.47. The van der Waals surface area contributed by atoms with Gasteiger partial charge < -0.3 is 24.8 Å². The van der Waals surface area contributed by atoms with Crippen LogP contribution in [0.5, 0.6) is 17.2 Å². The van der Waals surface area contributed by atoms with E-state index >= 15 is 0 Å². The van der Waals surface area contributed by atoms with Crippen molar-refractivity contribution in [2.24, 2.45) is 0 Å². The molecule has 0 radical (unpaired) electrons. The highest BCUT2D eigenvalue weighted by Crippen LogP contribution is 2.34. The van der Waals surface area contributed by atoms with Crippen molar-refractivity contribution in [2.75, 3.05) is 27.9 Å². The fraction of sp³-hybridized carbons (Fsp3) is 0.562. The minimum absolute atomic E-state index is 0. The number of benzene rings is 1. The van der Waals surface area contributed by atoms with Gasteiger partial charge in [-0.1, -0.05) is 0 Å². The predicted octanol–water partition coefficient (Wildman–Crippen LogP) is 1.89. The number of rotatable bonds is 7. The second-order valence-corrected chi connectivity index (χ2v) is 5.29. The monoisotopic (exact) mass is 344 g/mol. The Labute approximate surface area is 143 Å². The standard InChI is InChI=1S/C16H24N2O4.ClH/c1-20-13-9-15(22-3)14(21-2)7-11(13)10-18-16(19)8-12-5-4-6-17-12;/h7,9,12,17H,4-6,8,10H2,1-3H3,(H,18,19);1H. The minimum atomic E-state index is 0. The first-order valence-electron chi connectivity index (χ1n) is 7.47. The highest BCUT2D eigenvalue weighted by atomic mass is 35.5. The van der Waals surface area contributed by atoms with Gasteiger partial charge in [-0.25, -0.2) is 0 Å². The maximum Gasteiger partial charge on any atom is 0.221 e. The van der Waals surface area contributed by atoms with Crippen molar-refractivity contribution in [3.8, 4) is 17.2 Å². The van der Waals surface area contributed by atoms with Crippen molar-refractivity contribution in [3.63, 3.8) is 0 Å². The van der Waals surface area contributed by atoms with Crippen LogP contribution in [0, 0.1) is 0 Å². The van der Waals surface area contributed by atoms with Gasteiger partial charge in [-0.2, -0.15) is 0 Å². The lowest BCUT2D eigenvalue weighted by molar-refractivity contribution is -0.121. The molecule has 0 bridgehead atoms. The molecule has 1 aromatic rings. The van der Waals surface area contributed by atoms with Gasteiger partial charge in [0.25, 0.3) is 0 Å². The molecule has 130 valence electrons. The second-order valence-electron chi connectivity index (χ2n) is 5.29. The van der Waals surface area contributed by atoms with Gasteiger partial charge in [0, 0.05) is 30.6 Å². The van der Waals surface area contributed by atoms with Crippen molar-refractivity contribution < 1.29 is 19.0 Å². The van der Waals surface area contributed by atoms with Crippen molar-refractivity contribution in [2.45, 2.75) is 31.8 Å². The Kier molecular flexibility index (Phi) is 7.98. The summed E-state index contributed by atoms with van der Waals surface area (Å²) in [6.45, 7) is 1.40. The lowest BCUT2D eigenvalue weighted by atomic mass is 10.1. The number of halogens is 1. The summed E-state index contributed by atoms with van der Waals surface area (Å²) in [5, 5.41) is 6.25. The van der Waals surface area contributed by atoms with Crippen molar-refractivity contribution >= 4 is 18.3 Å². The molecule has 1 aromatic carbocycles. The number of nitrogens with one attached hydrogen (secondary N) is 2. The lowest BCUT2D eigenvalue weighted by Gasteiger charge is -2.15. The Bertz CT molecular complexity index is 519. The summed E-state index contributed by atoms with van der Waals surface area (Å²) >= 11 is 0. The molecule has 2 rings (SSSR count). The average Bonchev–Trinajstić information content (AvgIpc) is 3.04. The Morgan fingerprint density at radius 1 is 1.17 bits per heavy atom. The molecule has 0 aromatic heterocycles. The van der Waals surface area contributed by atoms with E-state index < -0.39 is 0 Å². The van der Waals surface area contributed by atoms with Crippen LogP contribution in [0.15, 0.2) is 12.1 Å². The molecule has 0 spiro atoms. The van der Waals surface area contributed by atoms with E-state index in [4.69, 9.17) is 14.2 Å². The first-order chi connectivity index (χ1) is 10.7. The van der Waals surface area contributed by atoms with E-state index in [1.807, 2.05) is 6.07 Å². The number of ether oxygens (including phenoxy) is 3. The summed E-state index contributed by atoms with van der Waals surface area (Å²) < 4.78 is 15.9. The largest absolute Gasteiger partial charge is 0.496 e. The summed E-state index contributed by atoms with van der Waals surface area (Å²) in [6, 6.07) is 3.89. The normalized spacial score (nSPS) is 16.4. The van der Waals surface area contributed by atoms with Crippen molar-refractivity contribution in [1.29, 1.82) is 0 Å². The third kappa shape index (κ3) is 5.18. The van der Waals surface area contributed by atoms with Gasteiger partial charge in [0.05, 0.1) is 21.3 Å². The number of hydrogen-bond donors (Lipinski definition) is 2. The van der Waals surface area contributed by atoms with E-state index in [-0.39, 0.29) is 18.3 Å². The van der Waals surface area contributed by atoms with E-state index in [1.54, 1.807) is 27.4 Å². The maximum atomic E-state index is 12.0. The summed E-state index contributed by atoms with van der Waals surface area (Å²) in [5.41, 5.74) is 0.855. The van der Waals surface area contributed by atoms with Gasteiger partial charge in [0.1, 0.15) is 5.75 Å². The first kappa shape index (κ1) is 19.4. The molecule has 0 aliphatic carbocycles. The van der Waals surface area contributed by atoms with Crippen LogP contribution < -0.4 is 24.8 Å². The molecule has 1 atom stereocenters. The van der Waals surface area contributed by atoms with Gasteiger partial charge in [0.15, 0.2) is 11.5 Å². The number of amides is 1. The van der Waals surface area contributed by atoms with Gasteiger partial charge in [-0.05, 0) is 25.5 Å². The Hall–Kier alpha value is -1.66. The molecule has 23 heavy (non-hydrogen) atoms. The quantitative estimate of drug-likeness (QED) is 0.790. The summed E-state index contributed by atoms with van der Waals surface area (Å²) in [4.78, 5) is 12.0. The van der Waals surface area contributed by atoms with Crippen molar-refractivity contribution in [1.82, 2.24) is 10.6 Å². The van der Waals surface area contributed by atoms with E-state index in [0.717, 1.165) is 24.9 Å². The number of carbonyl (C=O) groups is 1. The zero-order valence-electron chi connectivity index (χ0n) is 13.8. The van der Waals surface area contributed by atoms with Crippen LogP contribution in [0.2, 0.25) is 0 Å². The summed E-state index contributed by atoms with van der Waals surface area (Å²) in [5.74, 6) is 1.92. The molecule has 1 saturated heterocycles. The summed E-state index contributed by atoms with van der Waals surface area (Å²) in [7, 11) is 4.75. The van der Waals surface area contributed by atoms with E-state index in [0.29, 0.717) is 36.3 Å². The molecule has 1 aliphatic rings. The SMILES string of the molecule is COc1cc(OC)c(OC)cc1CNC(=O)CC1CCCN1.Cl. The zero-order chi connectivity index (χ0) is 15.9. The van der Waals surface area contributed by atoms with Crippen LogP contribution in [0.25, 0.3) is 0 Å². The Balaban J connectivity index is 0.00000264. The first-order valence-corrected chi connectivity index (χ1v) is 7.47. The molecule has 7 heteroatoms. The topological polar surface area (TPSA) is 68.8 Å².